The Morgan fingerprint density at radius 2 is 0.769 bits per heavy atom. The zero-order valence-corrected chi connectivity index (χ0v) is 55.5. The third-order valence-electron chi connectivity index (χ3n) is 17.2. The molecule has 3 heterocycles. The van der Waals surface area contributed by atoms with E-state index < -0.39 is 131 Å². The Bertz CT molecular complexity index is 1980. The molecule has 0 aliphatic carbocycles. The monoisotopic (exact) mass is 1290 g/mol. The predicted octanol–water partition coefficient (Wildman–Crippen LogP) is 9.49. The lowest BCUT2D eigenvalue weighted by atomic mass is 9.96. The third-order valence-corrected chi connectivity index (χ3v) is 17.2. The third kappa shape index (κ3) is 35.0. The summed E-state index contributed by atoms with van der Waals surface area (Å²) in [5.74, 6) is -0.332. The molecule has 0 saturated carbocycles. The molecular formula is C72H125NO18. The molecule has 19 heteroatoms. The molecule has 0 aromatic carbocycles. The van der Waals surface area contributed by atoms with Gasteiger partial charge in [-0.05, 0) is 83.5 Å². The van der Waals surface area contributed by atoms with Crippen molar-refractivity contribution in [2.45, 2.75) is 336 Å². The second-order valence-corrected chi connectivity index (χ2v) is 24.9. The molecule has 0 bridgehead atoms. The number of unbranched alkanes of at least 4 members (excludes halogenated alkanes) is 25. The van der Waals surface area contributed by atoms with Crippen LogP contribution in [0.5, 0.6) is 0 Å². The van der Waals surface area contributed by atoms with Gasteiger partial charge in [-0.25, -0.2) is 0 Å². The van der Waals surface area contributed by atoms with Gasteiger partial charge in [-0.2, -0.15) is 0 Å². The van der Waals surface area contributed by atoms with Crippen molar-refractivity contribution in [1.29, 1.82) is 0 Å². The van der Waals surface area contributed by atoms with Gasteiger partial charge in [0.2, 0.25) is 5.91 Å². The normalized spacial score (nSPS) is 28.4. The summed E-state index contributed by atoms with van der Waals surface area (Å²) in [6.07, 6.45) is 41.7. The maximum atomic E-state index is 13.3. The van der Waals surface area contributed by atoms with Crippen molar-refractivity contribution in [3.8, 4) is 0 Å². The van der Waals surface area contributed by atoms with E-state index in [4.69, 9.17) is 28.4 Å². The molecule has 17 unspecified atom stereocenters. The summed E-state index contributed by atoms with van der Waals surface area (Å²) < 4.78 is 34.3. The second-order valence-electron chi connectivity index (χ2n) is 24.9. The smallest absolute Gasteiger partial charge is 0.220 e. The maximum absolute atomic E-state index is 13.3. The van der Waals surface area contributed by atoms with Crippen LogP contribution in [0.1, 0.15) is 232 Å². The molecule has 19 nitrogen and oxygen atoms in total. The molecule has 526 valence electrons. The van der Waals surface area contributed by atoms with E-state index in [1.807, 2.05) is 6.08 Å². The highest BCUT2D eigenvalue weighted by molar-refractivity contribution is 5.76. The highest BCUT2D eigenvalue weighted by atomic mass is 16.8. The molecule has 12 N–H and O–H groups in total. The number of hydrogen-bond donors (Lipinski definition) is 12. The van der Waals surface area contributed by atoms with Crippen LogP contribution in [0.3, 0.4) is 0 Å². The number of aliphatic hydroxyl groups excluding tert-OH is 11. The first-order chi connectivity index (χ1) is 44.3. The lowest BCUT2D eigenvalue weighted by Gasteiger charge is -2.48. The van der Waals surface area contributed by atoms with Crippen molar-refractivity contribution in [2.24, 2.45) is 0 Å². The van der Waals surface area contributed by atoms with Gasteiger partial charge in [0.15, 0.2) is 18.9 Å². The number of hydrogen-bond acceptors (Lipinski definition) is 18. The van der Waals surface area contributed by atoms with Gasteiger partial charge in [0, 0.05) is 6.42 Å². The van der Waals surface area contributed by atoms with E-state index in [0.717, 1.165) is 64.2 Å². The quantitative estimate of drug-likeness (QED) is 0.0199. The van der Waals surface area contributed by atoms with Gasteiger partial charge in [-0.1, -0.05) is 227 Å². The minimum atomic E-state index is -1.99. The van der Waals surface area contributed by atoms with Crippen molar-refractivity contribution in [3.63, 3.8) is 0 Å². The highest BCUT2D eigenvalue weighted by Gasteiger charge is 2.53. The molecule has 1 amide bonds. The van der Waals surface area contributed by atoms with Gasteiger partial charge in [0.1, 0.15) is 73.2 Å². The van der Waals surface area contributed by atoms with Gasteiger partial charge in [-0.15, -0.1) is 0 Å². The topological polar surface area (TPSA) is 307 Å². The standard InChI is InChI=1S/C72H125NO18/c1-3-5-7-9-11-13-15-17-19-20-21-22-23-24-25-26-27-28-29-30-31-32-33-34-36-37-39-41-43-45-47-49-56(77)55(73-60(78)50-48-46-44-42-40-38-35-18-16-14-12-10-8-6-4-2)54-86-70-66(84)63(81)68(58(52-75)88-70)91-72-67(85)64(82)69(59(53-76)89-72)90-71-65(83)62(80)61(79)57(51-74)87-71/h6,8,12,14,18,33-35,39-42,47,49,55-59,61-72,74-77,79-85H,3-5,7,9-11,13,15-17,19-32,36-38,43-46,48,50-54H2,1-2H3,(H,73,78)/b8-6-,14-12-,34-33+,35-18-,41-39+,42-40-,49-47+. The van der Waals surface area contributed by atoms with Crippen molar-refractivity contribution >= 4 is 5.91 Å². The number of carbonyl (C=O) groups excluding carboxylic acids is 1. The average Bonchev–Trinajstić information content (AvgIpc) is 0.883. The molecule has 0 spiro atoms. The van der Waals surface area contributed by atoms with E-state index in [2.05, 4.69) is 92.1 Å². The predicted molar refractivity (Wildman–Crippen MR) is 355 cm³/mol. The van der Waals surface area contributed by atoms with Crippen LogP contribution in [0.4, 0.5) is 0 Å². The molecule has 3 saturated heterocycles. The fourth-order valence-corrected chi connectivity index (χ4v) is 11.4. The highest BCUT2D eigenvalue weighted by Crippen LogP contribution is 2.33. The van der Waals surface area contributed by atoms with Crippen LogP contribution in [-0.4, -0.2) is 193 Å². The van der Waals surface area contributed by atoms with Gasteiger partial charge in [0.25, 0.3) is 0 Å². The van der Waals surface area contributed by atoms with Crippen LogP contribution in [0.15, 0.2) is 85.1 Å². The van der Waals surface area contributed by atoms with Crippen LogP contribution in [0, 0.1) is 0 Å². The Hall–Kier alpha value is -3.03. The molecule has 0 aromatic heterocycles. The summed E-state index contributed by atoms with van der Waals surface area (Å²) in [6, 6.07) is -1.02. The molecule has 3 fully saturated rings. The molecule has 17 atom stereocenters. The number of nitrogens with one attached hydrogen (secondary N) is 1. The number of ether oxygens (including phenoxy) is 6. The molecule has 3 aliphatic heterocycles. The van der Waals surface area contributed by atoms with E-state index in [0.29, 0.717) is 12.8 Å². The van der Waals surface area contributed by atoms with Gasteiger partial charge in [-0.3, -0.25) is 4.79 Å². The van der Waals surface area contributed by atoms with Crippen molar-refractivity contribution in [1.82, 2.24) is 5.32 Å². The van der Waals surface area contributed by atoms with Crippen LogP contribution < -0.4 is 5.32 Å². The van der Waals surface area contributed by atoms with Crippen LogP contribution in [0.25, 0.3) is 0 Å². The Balaban J connectivity index is 1.43. The Morgan fingerprint density at radius 3 is 1.23 bits per heavy atom. The fourth-order valence-electron chi connectivity index (χ4n) is 11.4. The van der Waals surface area contributed by atoms with Crippen molar-refractivity contribution in [2.75, 3.05) is 26.4 Å². The number of allylic oxidation sites excluding steroid dienone is 13. The van der Waals surface area contributed by atoms with Gasteiger partial charge in [0.05, 0.1) is 38.6 Å². The van der Waals surface area contributed by atoms with E-state index in [9.17, 15) is 61.0 Å². The summed E-state index contributed by atoms with van der Waals surface area (Å²) in [6.45, 7) is 1.55. The van der Waals surface area contributed by atoms with E-state index >= 15 is 0 Å². The SMILES string of the molecule is CC/C=C\C/C=C\C/C=C\C/C=C\CCCCC(=O)NC(COC1OC(CO)C(OC2OC(CO)C(OC3OC(CO)C(O)C(O)C3O)C(O)C2O)C(O)C1O)C(O)/C=C/CC/C=C/CC/C=C/CCCCCCCCCCCCCCCCCCCCCCC. The van der Waals surface area contributed by atoms with Gasteiger partial charge >= 0.3 is 0 Å². The summed E-state index contributed by atoms with van der Waals surface area (Å²) in [5, 5.41) is 120. The molecular weight excluding hydrogens is 1170 g/mol. The lowest BCUT2D eigenvalue weighted by molar-refractivity contribution is -0.379. The van der Waals surface area contributed by atoms with Crippen LogP contribution >= 0.6 is 0 Å². The minimum Gasteiger partial charge on any atom is -0.394 e. The zero-order chi connectivity index (χ0) is 66.1. The number of amides is 1. The first kappa shape index (κ1) is 82.2. The average molecular weight is 1290 g/mol. The summed E-state index contributed by atoms with van der Waals surface area (Å²) in [7, 11) is 0. The Labute approximate surface area is 546 Å². The van der Waals surface area contributed by atoms with Gasteiger partial charge < -0.3 is 89.9 Å². The molecule has 3 aliphatic rings. The van der Waals surface area contributed by atoms with E-state index in [1.54, 1.807) is 6.08 Å². The van der Waals surface area contributed by atoms with Crippen LogP contribution in [0.2, 0.25) is 0 Å². The summed E-state index contributed by atoms with van der Waals surface area (Å²) in [4.78, 5) is 13.3. The van der Waals surface area contributed by atoms with Crippen molar-refractivity contribution < 1.29 is 89.4 Å². The summed E-state index contributed by atoms with van der Waals surface area (Å²) in [5.41, 5.74) is 0. The maximum Gasteiger partial charge on any atom is 0.220 e. The second kappa shape index (κ2) is 53.2. The number of carbonyl (C=O) groups is 1. The molecule has 3 rings (SSSR count). The lowest BCUT2D eigenvalue weighted by Crippen LogP contribution is -2.66. The van der Waals surface area contributed by atoms with E-state index in [-0.39, 0.29) is 12.3 Å². The van der Waals surface area contributed by atoms with Crippen molar-refractivity contribution in [3.05, 3.63) is 85.1 Å². The fraction of sp³-hybridized carbons (Fsp3) is 0.792. The molecule has 91 heavy (non-hydrogen) atoms. The van der Waals surface area contributed by atoms with E-state index in [1.165, 1.54) is 135 Å². The molecule has 0 radical (unpaired) electrons. The Morgan fingerprint density at radius 1 is 0.407 bits per heavy atom. The zero-order valence-electron chi connectivity index (χ0n) is 55.5. The first-order valence-corrected chi connectivity index (χ1v) is 35.3. The number of aliphatic hydroxyl groups is 11. The summed E-state index contributed by atoms with van der Waals surface area (Å²) >= 11 is 0. The molecule has 0 aromatic rings. The number of rotatable bonds is 53. The largest absolute Gasteiger partial charge is 0.394 e. The Kier molecular flexibility index (Phi) is 48.0. The van der Waals surface area contributed by atoms with Crippen LogP contribution in [-0.2, 0) is 33.2 Å². The first-order valence-electron chi connectivity index (χ1n) is 35.3. The minimum absolute atomic E-state index is 0.175.